The normalized spacial score (nSPS) is 19.7. The van der Waals surface area contributed by atoms with Gasteiger partial charge in [-0.15, -0.1) is 0 Å². The maximum Gasteiger partial charge on any atom is 0.244 e. The Balaban J connectivity index is 2.22. The molecule has 0 aliphatic carbocycles. The van der Waals surface area contributed by atoms with E-state index in [1.165, 1.54) is 22.6 Å². The summed E-state index contributed by atoms with van der Waals surface area (Å²) in [5.41, 5.74) is 0. The summed E-state index contributed by atoms with van der Waals surface area (Å²) >= 11 is 5.67. The van der Waals surface area contributed by atoms with Crippen molar-refractivity contribution in [1.82, 2.24) is 14.2 Å². The Morgan fingerprint density at radius 1 is 1.22 bits per heavy atom. The minimum Gasteiger partial charge on any atom is -0.305 e. The molecule has 5 nitrogen and oxygen atoms in total. The summed E-state index contributed by atoms with van der Waals surface area (Å²) in [7, 11) is -1.44. The highest BCUT2D eigenvalue weighted by Crippen LogP contribution is 2.17. The van der Waals surface area contributed by atoms with Crippen molar-refractivity contribution in [3.8, 4) is 0 Å². The standard InChI is InChI=1S/C11H16ClN3O2S/c1-14-5-2-6-15(8-7-14)18(16,17)10-3-4-11(12)13-9-10/h3-4,9H,2,5-8H2,1H3. The van der Waals surface area contributed by atoms with Crippen LogP contribution in [-0.2, 0) is 10.0 Å². The molecule has 0 atom stereocenters. The van der Waals surface area contributed by atoms with E-state index in [1.807, 2.05) is 7.05 Å². The minimum absolute atomic E-state index is 0.205. The number of likely N-dealkylation sites (N-methyl/N-ethyl adjacent to an activating group) is 1. The summed E-state index contributed by atoms with van der Waals surface area (Å²) in [5, 5.41) is 0.296. The molecular weight excluding hydrogens is 274 g/mol. The molecule has 0 N–H and O–H groups in total. The molecule has 2 rings (SSSR count). The first-order chi connectivity index (χ1) is 8.50. The predicted molar refractivity (Wildman–Crippen MR) is 70.1 cm³/mol. The summed E-state index contributed by atoms with van der Waals surface area (Å²) in [6.45, 7) is 2.74. The van der Waals surface area contributed by atoms with E-state index in [1.54, 1.807) is 0 Å². The molecule has 0 saturated carbocycles. The molecule has 0 aromatic carbocycles. The number of nitrogens with zero attached hydrogens (tertiary/aromatic N) is 3. The van der Waals surface area contributed by atoms with Crippen molar-refractivity contribution in [2.24, 2.45) is 0 Å². The lowest BCUT2D eigenvalue weighted by Crippen LogP contribution is -2.34. The zero-order chi connectivity index (χ0) is 13.2. The van der Waals surface area contributed by atoms with Crippen LogP contribution in [0.25, 0.3) is 0 Å². The number of sulfonamides is 1. The van der Waals surface area contributed by atoms with Crippen molar-refractivity contribution in [2.75, 3.05) is 33.2 Å². The number of aromatic nitrogens is 1. The van der Waals surface area contributed by atoms with Crippen LogP contribution in [0, 0.1) is 0 Å². The molecule has 7 heteroatoms. The largest absolute Gasteiger partial charge is 0.305 e. The third-order valence-electron chi connectivity index (χ3n) is 3.02. The van der Waals surface area contributed by atoms with Crippen LogP contribution >= 0.6 is 11.6 Å². The topological polar surface area (TPSA) is 53.5 Å². The van der Waals surface area contributed by atoms with Gasteiger partial charge in [0.2, 0.25) is 10.0 Å². The number of pyridine rings is 1. The molecule has 1 aliphatic heterocycles. The first-order valence-corrected chi connectivity index (χ1v) is 7.62. The van der Waals surface area contributed by atoms with Gasteiger partial charge in [-0.1, -0.05) is 11.6 Å². The molecule has 1 fully saturated rings. The molecule has 18 heavy (non-hydrogen) atoms. The summed E-state index contributed by atoms with van der Waals surface area (Å²) in [4.78, 5) is 6.17. The Bertz CT molecular complexity index is 504. The fraction of sp³-hybridized carbons (Fsp3) is 0.545. The van der Waals surface area contributed by atoms with Gasteiger partial charge in [-0.05, 0) is 32.1 Å². The second-order valence-electron chi connectivity index (χ2n) is 4.38. The summed E-state index contributed by atoms with van der Waals surface area (Å²) in [6, 6.07) is 3.00. The van der Waals surface area contributed by atoms with Crippen LogP contribution in [0.1, 0.15) is 6.42 Å². The molecule has 100 valence electrons. The van der Waals surface area contributed by atoms with Crippen LogP contribution in [0.4, 0.5) is 0 Å². The van der Waals surface area contributed by atoms with Crippen molar-refractivity contribution in [2.45, 2.75) is 11.3 Å². The van der Waals surface area contributed by atoms with Crippen molar-refractivity contribution in [1.29, 1.82) is 0 Å². The molecule has 1 saturated heterocycles. The molecule has 1 aliphatic rings. The lowest BCUT2D eigenvalue weighted by Gasteiger charge is -2.19. The van der Waals surface area contributed by atoms with Gasteiger partial charge in [0.05, 0.1) is 0 Å². The van der Waals surface area contributed by atoms with Crippen LogP contribution in [0.5, 0.6) is 0 Å². The van der Waals surface area contributed by atoms with E-state index in [2.05, 4.69) is 9.88 Å². The molecule has 0 spiro atoms. The second-order valence-corrected chi connectivity index (χ2v) is 6.70. The third-order valence-corrected chi connectivity index (χ3v) is 5.12. The molecular formula is C11H16ClN3O2S. The lowest BCUT2D eigenvalue weighted by atomic mass is 10.4. The van der Waals surface area contributed by atoms with Crippen LogP contribution in [0.2, 0.25) is 5.15 Å². The number of rotatable bonds is 2. The van der Waals surface area contributed by atoms with Crippen LogP contribution in [0.15, 0.2) is 23.2 Å². The van der Waals surface area contributed by atoms with Gasteiger partial charge in [0, 0.05) is 25.8 Å². The summed E-state index contributed by atoms with van der Waals surface area (Å²) < 4.78 is 26.3. The van der Waals surface area contributed by atoms with Crippen LogP contribution in [0.3, 0.4) is 0 Å². The summed E-state index contributed by atoms with van der Waals surface area (Å²) in [6.07, 6.45) is 2.16. The molecule has 0 unspecified atom stereocenters. The van der Waals surface area contributed by atoms with Crippen molar-refractivity contribution < 1.29 is 8.42 Å². The molecule has 1 aromatic rings. The van der Waals surface area contributed by atoms with E-state index in [9.17, 15) is 8.42 Å². The fourth-order valence-electron chi connectivity index (χ4n) is 1.93. The number of hydrogen-bond acceptors (Lipinski definition) is 4. The molecule has 1 aromatic heterocycles. The van der Waals surface area contributed by atoms with Gasteiger partial charge < -0.3 is 4.90 Å². The van der Waals surface area contributed by atoms with E-state index < -0.39 is 10.0 Å². The highest BCUT2D eigenvalue weighted by Gasteiger charge is 2.26. The SMILES string of the molecule is CN1CCCN(S(=O)(=O)c2ccc(Cl)nc2)CC1. The lowest BCUT2D eigenvalue weighted by molar-refractivity contribution is 0.347. The monoisotopic (exact) mass is 289 g/mol. The first-order valence-electron chi connectivity index (χ1n) is 5.80. The van der Waals surface area contributed by atoms with E-state index >= 15 is 0 Å². The van der Waals surface area contributed by atoms with Crippen LogP contribution < -0.4 is 0 Å². The quantitative estimate of drug-likeness (QED) is 0.764. The smallest absolute Gasteiger partial charge is 0.244 e. The number of halogens is 1. The minimum atomic E-state index is -3.44. The Kier molecular flexibility index (Phi) is 4.21. The van der Waals surface area contributed by atoms with Gasteiger partial charge in [0.1, 0.15) is 10.0 Å². The maximum absolute atomic E-state index is 12.4. The van der Waals surface area contributed by atoms with Gasteiger partial charge in [0.25, 0.3) is 0 Å². The molecule has 2 heterocycles. The molecule has 0 bridgehead atoms. The molecule has 0 radical (unpaired) electrons. The first kappa shape index (κ1) is 13.7. The third kappa shape index (κ3) is 3.00. The Morgan fingerprint density at radius 3 is 2.67 bits per heavy atom. The molecule has 0 amide bonds. The van der Waals surface area contributed by atoms with E-state index in [0.29, 0.717) is 18.2 Å². The van der Waals surface area contributed by atoms with Gasteiger partial charge in [-0.2, -0.15) is 4.31 Å². The summed E-state index contributed by atoms with van der Waals surface area (Å²) in [5.74, 6) is 0. The Morgan fingerprint density at radius 2 is 2.00 bits per heavy atom. The van der Waals surface area contributed by atoms with Gasteiger partial charge >= 0.3 is 0 Å². The Labute approximate surface area is 112 Å². The van der Waals surface area contributed by atoms with Crippen molar-refractivity contribution in [3.63, 3.8) is 0 Å². The average molecular weight is 290 g/mol. The highest BCUT2D eigenvalue weighted by molar-refractivity contribution is 7.89. The Hall–Kier alpha value is -0.690. The fourth-order valence-corrected chi connectivity index (χ4v) is 3.45. The zero-order valence-electron chi connectivity index (χ0n) is 10.2. The van der Waals surface area contributed by atoms with Gasteiger partial charge in [-0.3, -0.25) is 0 Å². The number of hydrogen-bond donors (Lipinski definition) is 0. The highest BCUT2D eigenvalue weighted by atomic mass is 35.5. The van der Waals surface area contributed by atoms with E-state index in [-0.39, 0.29) is 4.90 Å². The van der Waals surface area contributed by atoms with Gasteiger partial charge in [-0.25, -0.2) is 13.4 Å². The average Bonchev–Trinajstić information content (AvgIpc) is 2.55. The maximum atomic E-state index is 12.4. The predicted octanol–water partition coefficient (Wildman–Crippen LogP) is 1.06. The van der Waals surface area contributed by atoms with E-state index in [4.69, 9.17) is 11.6 Å². The second kappa shape index (κ2) is 5.52. The van der Waals surface area contributed by atoms with Crippen molar-refractivity contribution in [3.05, 3.63) is 23.5 Å². The van der Waals surface area contributed by atoms with Crippen LogP contribution in [-0.4, -0.2) is 55.8 Å². The van der Waals surface area contributed by atoms with E-state index in [0.717, 1.165) is 19.5 Å². The van der Waals surface area contributed by atoms with Gasteiger partial charge in [0.15, 0.2) is 0 Å². The van der Waals surface area contributed by atoms with Crippen molar-refractivity contribution >= 4 is 21.6 Å². The zero-order valence-corrected chi connectivity index (χ0v) is 11.8.